The van der Waals surface area contributed by atoms with Gasteiger partial charge in [-0.2, -0.15) is 13.2 Å². The second-order valence-corrected chi connectivity index (χ2v) is 26.1. The highest BCUT2D eigenvalue weighted by atomic mass is 35.5. The van der Waals surface area contributed by atoms with Crippen LogP contribution in [0.4, 0.5) is 40.3 Å². The summed E-state index contributed by atoms with van der Waals surface area (Å²) in [5, 5.41) is 14.0. The zero-order valence-electron chi connectivity index (χ0n) is 43.2. The summed E-state index contributed by atoms with van der Waals surface area (Å²) in [6.45, 7) is 8.86. The molecule has 0 amide bonds. The number of phosphoric acid groups is 1. The van der Waals surface area contributed by atoms with Crippen molar-refractivity contribution in [3.05, 3.63) is 137 Å². The number of carbonyl (C=O) groups is 1. The van der Waals surface area contributed by atoms with Crippen molar-refractivity contribution < 1.29 is 63.2 Å². The van der Waals surface area contributed by atoms with Crippen molar-refractivity contribution in [3.8, 4) is 22.4 Å². The van der Waals surface area contributed by atoms with Gasteiger partial charge >= 0.3 is 19.3 Å². The van der Waals surface area contributed by atoms with Crippen LogP contribution in [0.15, 0.2) is 130 Å². The van der Waals surface area contributed by atoms with Crippen LogP contribution in [0.5, 0.6) is 0 Å². The average molecular weight is 1190 g/mol. The minimum absolute atomic E-state index is 0.0497. The molecule has 0 spiro atoms. The van der Waals surface area contributed by atoms with Crippen molar-refractivity contribution in [2.75, 3.05) is 78.0 Å². The summed E-state index contributed by atoms with van der Waals surface area (Å²) in [7, 11) is -15.4. The van der Waals surface area contributed by atoms with E-state index in [4.69, 9.17) is 21.4 Å². The van der Waals surface area contributed by atoms with Crippen molar-refractivity contribution in [1.82, 2.24) is 9.47 Å². The van der Waals surface area contributed by atoms with E-state index in [2.05, 4.69) is 19.5 Å². The molecule has 3 heterocycles. The first-order chi connectivity index (χ1) is 37.3. The molecule has 0 radical (unpaired) electrons. The molecule has 2 aliphatic heterocycles. The predicted molar refractivity (Wildman–Crippen MR) is 300 cm³/mol. The molecule has 2 saturated heterocycles. The molecular weight excluding hydrogens is 1130 g/mol. The van der Waals surface area contributed by atoms with Crippen LogP contribution in [0.25, 0.3) is 22.4 Å². The number of benzene rings is 5. The maximum absolute atomic E-state index is 15.7. The van der Waals surface area contributed by atoms with E-state index in [9.17, 15) is 44.5 Å². The van der Waals surface area contributed by atoms with Gasteiger partial charge in [0.2, 0.25) is 0 Å². The molecule has 2 aliphatic rings. The third-order valence-corrected chi connectivity index (χ3v) is 18.8. The number of hydrogen-bond acceptors (Lipinski definition) is 12. The molecule has 1 aromatic heterocycles. The lowest BCUT2D eigenvalue weighted by atomic mass is 9.96. The van der Waals surface area contributed by atoms with Gasteiger partial charge in [0.25, 0.3) is 19.9 Å². The maximum atomic E-state index is 15.7. The number of nitrogens with zero attached hydrogens (tertiary/aromatic N) is 4. The van der Waals surface area contributed by atoms with Crippen LogP contribution >= 0.6 is 31.2 Å². The fourth-order valence-corrected chi connectivity index (χ4v) is 13.7. The molecule has 25 heteroatoms. The van der Waals surface area contributed by atoms with E-state index in [1.165, 1.54) is 36.0 Å². The Morgan fingerprint density at radius 1 is 0.835 bits per heavy atom. The first kappa shape index (κ1) is 59.5. The topological polar surface area (TPSA) is 211 Å². The molecule has 79 heavy (non-hydrogen) atoms. The van der Waals surface area contributed by atoms with E-state index in [-0.39, 0.29) is 29.8 Å². The zero-order valence-corrected chi connectivity index (χ0v) is 47.3. The summed E-state index contributed by atoms with van der Waals surface area (Å²) in [6.07, 6.45) is 1.51. The Balaban J connectivity index is 0.963. The van der Waals surface area contributed by atoms with Crippen molar-refractivity contribution in [1.29, 1.82) is 0 Å². The summed E-state index contributed by atoms with van der Waals surface area (Å²) in [6, 6.07) is 28.8. The molecule has 0 bridgehead atoms. The van der Waals surface area contributed by atoms with E-state index < -0.39 is 66.5 Å². The van der Waals surface area contributed by atoms with Gasteiger partial charge in [-0.3, -0.25) is 9.25 Å². The van der Waals surface area contributed by atoms with Gasteiger partial charge in [0.1, 0.15) is 10.7 Å². The summed E-state index contributed by atoms with van der Waals surface area (Å²) in [5.74, 6) is -1.49. The highest BCUT2D eigenvalue weighted by molar-refractivity contribution is 7.99. The number of nitrogens with one attached hydrogen (secondary N) is 2. The number of piperidine rings is 1. The lowest BCUT2D eigenvalue weighted by Gasteiger charge is -2.37. The Bertz CT molecular complexity index is 3410. The second kappa shape index (κ2) is 24.6. The number of hydrogen-bond donors (Lipinski definition) is 5. The van der Waals surface area contributed by atoms with Crippen molar-refractivity contribution >= 4 is 79.8 Å². The molecule has 424 valence electrons. The molecule has 16 nitrogen and oxygen atoms in total. The van der Waals surface area contributed by atoms with Crippen LogP contribution in [0.3, 0.4) is 0 Å². The van der Waals surface area contributed by atoms with Crippen LogP contribution < -0.4 is 19.8 Å². The lowest BCUT2D eigenvalue weighted by molar-refractivity contribution is -0.0436. The van der Waals surface area contributed by atoms with Crippen molar-refractivity contribution in [3.63, 3.8) is 0 Å². The van der Waals surface area contributed by atoms with Crippen molar-refractivity contribution in [2.45, 2.75) is 72.3 Å². The molecule has 6 aromatic rings. The number of halogens is 5. The number of likely N-dealkylation sites (tertiary alicyclic amines) is 1. The van der Waals surface area contributed by atoms with E-state index in [1.807, 2.05) is 58.5 Å². The van der Waals surface area contributed by atoms with E-state index in [1.54, 1.807) is 49.4 Å². The van der Waals surface area contributed by atoms with Gasteiger partial charge in [-0.05, 0) is 155 Å². The molecule has 1 atom stereocenters. The number of carboxylic acids is 1. The minimum Gasteiger partial charge on any atom is -0.478 e. The van der Waals surface area contributed by atoms with Gasteiger partial charge in [0.05, 0.1) is 28.4 Å². The predicted octanol–water partition coefficient (Wildman–Crippen LogP) is 11.4. The molecule has 2 fully saturated rings. The first-order valence-electron chi connectivity index (χ1n) is 25.3. The fourth-order valence-electron chi connectivity index (χ4n) is 10.0. The number of phosphoric ester groups is 1. The van der Waals surface area contributed by atoms with Crippen LogP contribution in [0.2, 0.25) is 5.02 Å². The third kappa shape index (κ3) is 14.5. The van der Waals surface area contributed by atoms with E-state index in [0.29, 0.717) is 121 Å². The molecule has 0 aliphatic carbocycles. The number of piperazine rings is 1. The van der Waals surface area contributed by atoms with Crippen LogP contribution in [0, 0.1) is 18.7 Å². The Morgan fingerprint density at radius 3 is 2.06 bits per heavy atom. The number of sulfonamides is 1. The highest BCUT2D eigenvalue weighted by Gasteiger charge is 2.48. The zero-order chi connectivity index (χ0) is 57.0. The van der Waals surface area contributed by atoms with Gasteiger partial charge in [0.15, 0.2) is 0 Å². The number of carboxylic acid groups (broad SMARTS) is 1. The standard InChI is InChI=1S/C54H60ClF4N6O10PS3/c1-35(2)65-36(3)50(53(66)67)51(52(65)38-9-11-40(55)12-10-38)39-29-41(56)31-45(30-39)64-27-25-63(26-28-64)44-15-13-42(14-16-44)61-79(73,74)47-17-18-48(49(32-47)78(71,72)54(57,58)59)60-43(34-77-46-7-5-4-6-8-46)21-24-62-22-19-37(20-23-62)33-75-76(68,69)70/h4-18,29-32,35,37,43,60-61H,19-28,33-34H2,1-3H3,(H,66,67)(H2,68,69,70)/t43-/m1/s1. The number of rotatable bonds is 21. The average Bonchev–Trinajstić information content (AvgIpc) is 3.99. The Morgan fingerprint density at radius 2 is 1.47 bits per heavy atom. The Kier molecular flexibility index (Phi) is 18.5. The van der Waals surface area contributed by atoms with Gasteiger partial charge in [-0.1, -0.05) is 41.9 Å². The Labute approximate surface area is 465 Å². The Hall–Kier alpha value is -5.62. The second-order valence-electron chi connectivity index (χ2n) is 19.7. The molecule has 5 aromatic carbocycles. The minimum atomic E-state index is -6.11. The van der Waals surface area contributed by atoms with Crippen LogP contribution in [-0.2, 0) is 28.9 Å². The van der Waals surface area contributed by atoms with Gasteiger partial charge in [-0.15, -0.1) is 11.8 Å². The number of alkyl halides is 3. The molecule has 8 rings (SSSR count). The monoisotopic (exact) mass is 1190 g/mol. The van der Waals surface area contributed by atoms with Gasteiger partial charge in [0, 0.05) is 88.8 Å². The summed E-state index contributed by atoms with van der Waals surface area (Å²) in [5.41, 5.74) is -2.23. The smallest absolute Gasteiger partial charge is 0.478 e. The van der Waals surface area contributed by atoms with E-state index >= 15 is 4.39 Å². The van der Waals surface area contributed by atoms with E-state index in [0.717, 1.165) is 17.0 Å². The number of sulfone groups is 1. The molecule has 5 N–H and O–H groups in total. The number of thioether (sulfide) groups is 1. The quantitative estimate of drug-likeness (QED) is 0.0258. The maximum Gasteiger partial charge on any atom is 0.501 e. The molecular formula is C54H60ClF4N6O10PS3. The largest absolute Gasteiger partial charge is 0.501 e. The third-order valence-electron chi connectivity index (χ3n) is 14.0. The van der Waals surface area contributed by atoms with Crippen LogP contribution in [0.1, 0.15) is 55.2 Å². The SMILES string of the molecule is Cc1c(C(=O)O)c(-c2cc(F)cc(N3CCN(c4ccc(NS(=O)(=O)c5ccc(N[C@H](CCN6CCC(COP(=O)(O)O)CC6)CSc6ccccc6)c(S(=O)(=O)C(F)(F)F)c5)cc4)CC3)c2)c(-c2ccc(Cl)cc2)n1C(C)C. The lowest BCUT2D eigenvalue weighted by Crippen LogP contribution is -2.46. The number of aromatic carboxylic acids is 1. The van der Waals surface area contributed by atoms with Gasteiger partial charge < -0.3 is 39.5 Å². The molecule has 0 saturated carbocycles. The summed E-state index contributed by atoms with van der Waals surface area (Å²) >= 11 is 7.62. The first-order valence-corrected chi connectivity index (χ1v) is 31.1. The number of aromatic nitrogens is 1. The fraction of sp³-hybridized carbons (Fsp3) is 0.352. The number of anilines is 4. The summed E-state index contributed by atoms with van der Waals surface area (Å²) in [4.78, 5) is 36.1. The van der Waals surface area contributed by atoms with Crippen molar-refractivity contribution in [2.24, 2.45) is 5.92 Å². The van der Waals surface area contributed by atoms with Crippen LogP contribution in [-0.4, -0.2) is 117 Å². The molecule has 0 unspecified atom stereocenters. The van der Waals surface area contributed by atoms with Gasteiger partial charge in [-0.25, -0.2) is 30.6 Å². The highest BCUT2D eigenvalue weighted by Crippen LogP contribution is 2.44. The normalized spacial score (nSPS) is 15.6. The summed E-state index contributed by atoms with van der Waals surface area (Å²) < 4.78 is 133.